The summed E-state index contributed by atoms with van der Waals surface area (Å²) >= 11 is 0. The highest BCUT2D eigenvalue weighted by molar-refractivity contribution is 5.76. The van der Waals surface area contributed by atoms with Gasteiger partial charge in [-0.15, -0.1) is 0 Å². The smallest absolute Gasteiger partial charge is 0.220 e. The molecule has 2 heteroatoms. The van der Waals surface area contributed by atoms with Crippen molar-refractivity contribution in [3.8, 4) is 0 Å². The molecule has 1 heterocycles. The van der Waals surface area contributed by atoms with Crippen molar-refractivity contribution in [2.45, 2.75) is 44.6 Å². The molecule has 1 saturated heterocycles. The molecular weight excluding hydrogens is 138 g/mol. The van der Waals surface area contributed by atoms with Crippen LogP contribution in [0, 0.1) is 5.92 Å². The molecule has 2 unspecified atom stereocenters. The predicted molar refractivity (Wildman–Crippen MR) is 43.1 cm³/mol. The highest BCUT2D eigenvalue weighted by Gasteiger charge is 2.26. The van der Waals surface area contributed by atoms with Crippen LogP contribution in [0.1, 0.15) is 38.5 Å². The Morgan fingerprint density at radius 2 is 2.18 bits per heavy atom. The van der Waals surface area contributed by atoms with Gasteiger partial charge in [-0.3, -0.25) is 4.79 Å². The van der Waals surface area contributed by atoms with E-state index in [1.54, 1.807) is 0 Å². The van der Waals surface area contributed by atoms with Gasteiger partial charge < -0.3 is 5.32 Å². The highest BCUT2D eigenvalue weighted by atomic mass is 16.1. The van der Waals surface area contributed by atoms with Crippen LogP contribution in [0.4, 0.5) is 0 Å². The summed E-state index contributed by atoms with van der Waals surface area (Å²) in [6, 6.07) is 0.517. The van der Waals surface area contributed by atoms with Gasteiger partial charge in [0, 0.05) is 12.5 Å². The minimum Gasteiger partial charge on any atom is -0.353 e. The maximum atomic E-state index is 11.1. The largest absolute Gasteiger partial charge is 0.353 e. The minimum atomic E-state index is 0.277. The van der Waals surface area contributed by atoms with Crippen molar-refractivity contribution < 1.29 is 4.79 Å². The Labute approximate surface area is 67.4 Å². The first-order valence-electron chi connectivity index (χ1n) is 4.64. The van der Waals surface area contributed by atoms with Gasteiger partial charge in [-0.05, 0) is 25.2 Å². The second kappa shape index (κ2) is 2.84. The first-order chi connectivity index (χ1) is 5.34. The first-order valence-corrected chi connectivity index (χ1v) is 4.64. The number of hydrogen-bond donors (Lipinski definition) is 1. The molecule has 2 nitrogen and oxygen atoms in total. The summed E-state index contributed by atoms with van der Waals surface area (Å²) in [4.78, 5) is 11.1. The molecular formula is C9H15NO. The number of amides is 1. The van der Waals surface area contributed by atoms with Gasteiger partial charge >= 0.3 is 0 Å². The van der Waals surface area contributed by atoms with Crippen LogP contribution in [0.3, 0.4) is 0 Å². The van der Waals surface area contributed by atoms with E-state index in [9.17, 15) is 4.79 Å². The maximum absolute atomic E-state index is 11.1. The van der Waals surface area contributed by atoms with Gasteiger partial charge in [0.15, 0.2) is 0 Å². The SMILES string of the molecule is O=C1CCC2CCCC(C2)N1. The van der Waals surface area contributed by atoms with Crippen LogP contribution >= 0.6 is 0 Å². The Kier molecular flexibility index (Phi) is 1.84. The topological polar surface area (TPSA) is 29.1 Å². The molecule has 1 N–H and O–H groups in total. The Morgan fingerprint density at radius 1 is 1.27 bits per heavy atom. The predicted octanol–water partition coefficient (Wildman–Crippen LogP) is 1.46. The number of carbonyl (C=O) groups excluding carboxylic acids is 1. The van der Waals surface area contributed by atoms with Gasteiger partial charge in [0.25, 0.3) is 0 Å². The molecule has 2 rings (SSSR count). The third-order valence-corrected chi connectivity index (χ3v) is 2.93. The molecule has 0 radical (unpaired) electrons. The van der Waals surface area contributed by atoms with Gasteiger partial charge in [-0.25, -0.2) is 0 Å². The lowest BCUT2D eigenvalue weighted by molar-refractivity contribution is -0.121. The molecule has 1 amide bonds. The standard InChI is InChI=1S/C9H15NO/c11-9-5-4-7-2-1-3-8(6-7)10-9/h7-8H,1-6H2,(H,10,11). The van der Waals surface area contributed by atoms with E-state index in [4.69, 9.17) is 0 Å². The molecule has 0 aromatic carbocycles. The van der Waals surface area contributed by atoms with Crippen molar-refractivity contribution >= 4 is 5.91 Å². The van der Waals surface area contributed by atoms with Crippen molar-refractivity contribution in [2.75, 3.05) is 0 Å². The van der Waals surface area contributed by atoms with Crippen molar-refractivity contribution in [2.24, 2.45) is 5.92 Å². The number of nitrogens with one attached hydrogen (secondary N) is 1. The summed E-state index contributed by atoms with van der Waals surface area (Å²) in [5.41, 5.74) is 0. The van der Waals surface area contributed by atoms with Gasteiger partial charge in [0.2, 0.25) is 5.91 Å². The molecule has 62 valence electrons. The molecule has 0 aromatic heterocycles. The molecule has 0 aromatic rings. The molecule has 1 saturated carbocycles. The van der Waals surface area contributed by atoms with Crippen molar-refractivity contribution in [1.29, 1.82) is 0 Å². The number of rotatable bonds is 0. The molecule has 2 atom stereocenters. The van der Waals surface area contributed by atoms with E-state index < -0.39 is 0 Å². The normalized spacial score (nSPS) is 37.6. The van der Waals surface area contributed by atoms with Crippen LogP contribution in [-0.4, -0.2) is 11.9 Å². The summed E-state index contributed by atoms with van der Waals surface area (Å²) in [6.07, 6.45) is 7.01. The van der Waals surface area contributed by atoms with E-state index in [0.717, 1.165) is 18.8 Å². The van der Waals surface area contributed by atoms with E-state index in [0.29, 0.717) is 6.04 Å². The lowest BCUT2D eigenvalue weighted by atomic mass is 9.85. The molecule has 1 aliphatic carbocycles. The number of hydrogen-bond acceptors (Lipinski definition) is 1. The first kappa shape index (κ1) is 7.14. The van der Waals surface area contributed by atoms with E-state index >= 15 is 0 Å². The molecule has 0 spiro atoms. The van der Waals surface area contributed by atoms with E-state index in [1.807, 2.05) is 0 Å². The molecule has 1 aliphatic heterocycles. The monoisotopic (exact) mass is 153 g/mol. The minimum absolute atomic E-state index is 0.277. The fourth-order valence-corrected chi connectivity index (χ4v) is 2.32. The van der Waals surface area contributed by atoms with Crippen molar-refractivity contribution in [1.82, 2.24) is 5.32 Å². The van der Waals surface area contributed by atoms with Gasteiger partial charge in [-0.2, -0.15) is 0 Å². The molecule has 2 fully saturated rings. The Bertz CT molecular complexity index is 167. The lowest BCUT2D eigenvalue weighted by Gasteiger charge is -2.25. The van der Waals surface area contributed by atoms with E-state index in [-0.39, 0.29) is 5.91 Å². The highest BCUT2D eigenvalue weighted by Crippen LogP contribution is 2.29. The lowest BCUT2D eigenvalue weighted by Crippen LogP contribution is -2.34. The Hall–Kier alpha value is -0.530. The fourth-order valence-electron chi connectivity index (χ4n) is 2.32. The van der Waals surface area contributed by atoms with E-state index in [2.05, 4.69) is 5.32 Å². The van der Waals surface area contributed by atoms with Gasteiger partial charge in [0.1, 0.15) is 0 Å². The molecule has 2 aliphatic rings. The number of fused-ring (bicyclic) bond motifs is 2. The van der Waals surface area contributed by atoms with E-state index in [1.165, 1.54) is 25.7 Å². The van der Waals surface area contributed by atoms with Crippen LogP contribution in [-0.2, 0) is 4.79 Å². The summed E-state index contributed by atoms with van der Waals surface area (Å²) in [5.74, 6) is 1.12. The Morgan fingerprint density at radius 3 is 3.09 bits per heavy atom. The van der Waals surface area contributed by atoms with Crippen LogP contribution in [0.2, 0.25) is 0 Å². The molecule has 2 bridgehead atoms. The second-order valence-electron chi connectivity index (χ2n) is 3.84. The fraction of sp³-hybridized carbons (Fsp3) is 0.889. The quantitative estimate of drug-likeness (QED) is 0.560. The van der Waals surface area contributed by atoms with Crippen LogP contribution in [0.5, 0.6) is 0 Å². The maximum Gasteiger partial charge on any atom is 0.220 e. The summed E-state index contributed by atoms with van der Waals surface area (Å²) in [7, 11) is 0. The molecule has 11 heavy (non-hydrogen) atoms. The van der Waals surface area contributed by atoms with Crippen molar-refractivity contribution in [3.63, 3.8) is 0 Å². The average molecular weight is 153 g/mol. The summed E-state index contributed by atoms with van der Waals surface area (Å²) in [5, 5.41) is 3.07. The average Bonchev–Trinajstić information content (AvgIpc) is 2.12. The van der Waals surface area contributed by atoms with Gasteiger partial charge in [0.05, 0.1) is 0 Å². The summed E-state index contributed by atoms with van der Waals surface area (Å²) < 4.78 is 0. The van der Waals surface area contributed by atoms with Gasteiger partial charge in [-0.1, -0.05) is 12.8 Å². The zero-order valence-electron chi connectivity index (χ0n) is 6.81. The summed E-state index contributed by atoms with van der Waals surface area (Å²) in [6.45, 7) is 0. The second-order valence-corrected chi connectivity index (χ2v) is 3.84. The van der Waals surface area contributed by atoms with Crippen LogP contribution in [0.15, 0.2) is 0 Å². The van der Waals surface area contributed by atoms with Crippen molar-refractivity contribution in [3.05, 3.63) is 0 Å². The van der Waals surface area contributed by atoms with Crippen LogP contribution in [0.25, 0.3) is 0 Å². The third kappa shape index (κ3) is 1.55. The number of carbonyl (C=O) groups is 1. The zero-order valence-corrected chi connectivity index (χ0v) is 6.81. The zero-order chi connectivity index (χ0) is 7.68. The van der Waals surface area contributed by atoms with Crippen LogP contribution < -0.4 is 5.32 Å². The third-order valence-electron chi connectivity index (χ3n) is 2.93. The Balaban J connectivity index is 2.04.